The number of halogens is 3. The summed E-state index contributed by atoms with van der Waals surface area (Å²) in [6.07, 6.45) is 0.762. The molecule has 1 aliphatic rings. The van der Waals surface area contributed by atoms with Gasteiger partial charge in [0.25, 0.3) is 0 Å². The fraction of sp³-hybridized carbons (Fsp3) is 0.312. The average molecular weight is 358 g/mol. The number of benzene rings is 1. The molecule has 1 aliphatic heterocycles. The van der Waals surface area contributed by atoms with Crippen molar-refractivity contribution in [3.8, 4) is 5.06 Å². The number of carbonyl (C=O) groups excluding carboxylic acids is 1. The Morgan fingerprint density at radius 2 is 2.04 bits per heavy atom. The molecule has 1 aromatic carbocycles. The molecule has 23 heavy (non-hydrogen) atoms. The van der Waals surface area contributed by atoms with Crippen molar-refractivity contribution >= 4 is 28.9 Å². The molecule has 3 rings (SSSR count). The van der Waals surface area contributed by atoms with Gasteiger partial charge < -0.3 is 4.74 Å². The van der Waals surface area contributed by atoms with E-state index in [1.165, 1.54) is 18.3 Å². The van der Waals surface area contributed by atoms with Gasteiger partial charge in [-0.05, 0) is 30.2 Å². The van der Waals surface area contributed by atoms with Gasteiger partial charge in [-0.3, -0.25) is 9.69 Å². The molecule has 0 unspecified atom stereocenters. The van der Waals surface area contributed by atoms with Gasteiger partial charge in [0, 0.05) is 42.0 Å². The summed E-state index contributed by atoms with van der Waals surface area (Å²) in [5.41, 5.74) is 1.06. The number of hydrogen-bond acceptors (Lipinski definition) is 4. The Hall–Kier alpha value is -1.50. The third kappa shape index (κ3) is 3.71. The van der Waals surface area contributed by atoms with E-state index in [1.54, 1.807) is 0 Å². The summed E-state index contributed by atoms with van der Waals surface area (Å²) >= 11 is 7.09. The monoisotopic (exact) mass is 357 g/mol. The van der Waals surface area contributed by atoms with Crippen molar-refractivity contribution in [2.45, 2.75) is 26.4 Å². The van der Waals surface area contributed by atoms with Crippen LogP contribution in [0, 0.1) is 11.6 Å². The molecular formula is C16H14ClF2NO2S. The summed E-state index contributed by atoms with van der Waals surface area (Å²) in [4.78, 5) is 14.1. The molecule has 0 spiro atoms. The molecule has 7 heteroatoms. The molecule has 2 heterocycles. The van der Waals surface area contributed by atoms with Crippen molar-refractivity contribution in [2.75, 3.05) is 6.54 Å². The second-order valence-corrected chi connectivity index (χ2v) is 6.95. The topological polar surface area (TPSA) is 29.5 Å². The lowest BCUT2D eigenvalue weighted by Crippen LogP contribution is -2.29. The molecule has 122 valence electrons. The maximum Gasteiger partial charge on any atom is 0.308 e. The fourth-order valence-electron chi connectivity index (χ4n) is 2.64. The molecule has 3 nitrogen and oxygen atoms in total. The van der Waals surface area contributed by atoms with E-state index < -0.39 is 11.6 Å². The molecule has 0 amide bonds. The van der Waals surface area contributed by atoms with Crippen LogP contribution >= 0.6 is 22.9 Å². The Balaban J connectivity index is 1.75. The predicted molar refractivity (Wildman–Crippen MR) is 84.8 cm³/mol. The molecule has 1 aromatic heterocycles. The molecule has 0 saturated heterocycles. The van der Waals surface area contributed by atoms with Crippen molar-refractivity contribution in [2.24, 2.45) is 0 Å². The molecular weight excluding hydrogens is 344 g/mol. The molecule has 0 N–H and O–H groups in total. The van der Waals surface area contributed by atoms with Crippen LogP contribution in [0.2, 0.25) is 5.02 Å². The minimum atomic E-state index is -0.633. The van der Waals surface area contributed by atoms with Crippen LogP contribution in [0.4, 0.5) is 8.78 Å². The lowest BCUT2D eigenvalue weighted by atomic mass is 10.1. The van der Waals surface area contributed by atoms with Gasteiger partial charge in [0.05, 0.1) is 0 Å². The molecule has 0 saturated carbocycles. The van der Waals surface area contributed by atoms with Crippen LogP contribution in [0.5, 0.6) is 5.06 Å². The van der Waals surface area contributed by atoms with Gasteiger partial charge in [0.2, 0.25) is 0 Å². The third-order valence-corrected chi connectivity index (χ3v) is 4.99. The first kappa shape index (κ1) is 16.4. The van der Waals surface area contributed by atoms with Crippen LogP contribution in [0.1, 0.15) is 22.9 Å². The average Bonchev–Trinajstić information content (AvgIpc) is 2.83. The second-order valence-electron chi connectivity index (χ2n) is 5.42. The zero-order valence-electron chi connectivity index (χ0n) is 12.4. The van der Waals surface area contributed by atoms with E-state index in [0.29, 0.717) is 18.2 Å². The standard InChI is InChI=1S/C16H14ClF2NO2S/c1-9(21)22-16-4-10-7-20(3-2-15(10)23-16)8-12-13(18)5-11(17)6-14(12)19/h4-6H,2-3,7-8H2,1H3. The van der Waals surface area contributed by atoms with Crippen molar-refractivity contribution in [1.82, 2.24) is 4.90 Å². The fourth-order valence-corrected chi connectivity index (χ4v) is 3.88. The molecule has 0 aliphatic carbocycles. The highest BCUT2D eigenvalue weighted by atomic mass is 35.5. The summed E-state index contributed by atoms with van der Waals surface area (Å²) < 4.78 is 32.9. The lowest BCUT2D eigenvalue weighted by Gasteiger charge is -2.26. The summed E-state index contributed by atoms with van der Waals surface area (Å²) in [7, 11) is 0. The van der Waals surface area contributed by atoms with Gasteiger partial charge in [-0.2, -0.15) is 0 Å². The highest BCUT2D eigenvalue weighted by Crippen LogP contribution is 2.34. The number of hydrogen-bond donors (Lipinski definition) is 0. The molecule has 2 aromatic rings. The number of esters is 1. The Morgan fingerprint density at radius 1 is 1.35 bits per heavy atom. The number of rotatable bonds is 3. The van der Waals surface area contributed by atoms with Crippen LogP contribution in [0.25, 0.3) is 0 Å². The largest absolute Gasteiger partial charge is 0.416 e. The van der Waals surface area contributed by atoms with Crippen LogP contribution in [-0.4, -0.2) is 17.4 Å². The van der Waals surface area contributed by atoms with Crippen LogP contribution in [-0.2, 0) is 24.3 Å². The summed E-state index contributed by atoms with van der Waals surface area (Å²) in [5.74, 6) is -1.62. The van der Waals surface area contributed by atoms with E-state index in [4.69, 9.17) is 16.3 Å². The minimum Gasteiger partial charge on any atom is -0.416 e. The van der Waals surface area contributed by atoms with Gasteiger partial charge in [-0.1, -0.05) is 11.6 Å². The number of ether oxygens (including phenoxy) is 1. The lowest BCUT2D eigenvalue weighted by molar-refractivity contribution is -0.131. The number of thiophene rings is 1. The molecule has 0 atom stereocenters. The number of fused-ring (bicyclic) bond motifs is 1. The van der Waals surface area contributed by atoms with Crippen molar-refractivity contribution in [3.05, 3.63) is 50.9 Å². The van der Waals surface area contributed by atoms with Gasteiger partial charge in [0.1, 0.15) is 11.6 Å². The summed E-state index contributed by atoms with van der Waals surface area (Å²) in [6.45, 7) is 2.78. The summed E-state index contributed by atoms with van der Waals surface area (Å²) in [5, 5.41) is 0.613. The Morgan fingerprint density at radius 3 is 2.70 bits per heavy atom. The van der Waals surface area contributed by atoms with Crippen molar-refractivity contribution in [3.63, 3.8) is 0 Å². The minimum absolute atomic E-state index is 0.0216. The number of carbonyl (C=O) groups is 1. The second kappa shape index (κ2) is 6.55. The Kier molecular flexibility index (Phi) is 4.66. The van der Waals surface area contributed by atoms with Crippen molar-refractivity contribution in [1.29, 1.82) is 0 Å². The van der Waals surface area contributed by atoms with E-state index in [1.807, 2.05) is 11.0 Å². The normalized spacial score (nSPS) is 14.6. The van der Waals surface area contributed by atoms with Crippen LogP contribution in [0.3, 0.4) is 0 Å². The zero-order valence-corrected chi connectivity index (χ0v) is 13.9. The van der Waals surface area contributed by atoms with E-state index >= 15 is 0 Å². The smallest absolute Gasteiger partial charge is 0.308 e. The molecule has 0 bridgehead atoms. The Bertz CT molecular complexity index is 740. The first-order valence-corrected chi connectivity index (χ1v) is 8.27. The highest BCUT2D eigenvalue weighted by molar-refractivity contribution is 7.14. The Labute approximate surface area is 141 Å². The van der Waals surface area contributed by atoms with Crippen LogP contribution in [0.15, 0.2) is 18.2 Å². The zero-order chi connectivity index (χ0) is 16.6. The van der Waals surface area contributed by atoms with E-state index in [0.717, 1.165) is 29.0 Å². The van der Waals surface area contributed by atoms with E-state index in [2.05, 4.69) is 0 Å². The van der Waals surface area contributed by atoms with Gasteiger partial charge in [-0.15, -0.1) is 11.3 Å². The summed E-state index contributed by atoms with van der Waals surface area (Å²) in [6, 6.07) is 4.07. The van der Waals surface area contributed by atoms with E-state index in [9.17, 15) is 13.6 Å². The maximum atomic E-state index is 13.9. The SMILES string of the molecule is CC(=O)Oc1cc2c(s1)CCN(Cc1c(F)cc(Cl)cc1F)C2. The molecule has 0 fully saturated rings. The number of nitrogens with zero attached hydrogens (tertiary/aromatic N) is 1. The predicted octanol–water partition coefficient (Wildman–Crippen LogP) is 4.16. The van der Waals surface area contributed by atoms with Gasteiger partial charge in [0.15, 0.2) is 5.06 Å². The first-order valence-electron chi connectivity index (χ1n) is 7.08. The van der Waals surface area contributed by atoms with E-state index in [-0.39, 0.29) is 23.1 Å². The highest BCUT2D eigenvalue weighted by Gasteiger charge is 2.22. The quantitative estimate of drug-likeness (QED) is 0.772. The third-order valence-electron chi connectivity index (χ3n) is 3.65. The maximum absolute atomic E-state index is 13.9. The van der Waals surface area contributed by atoms with Crippen LogP contribution < -0.4 is 4.74 Å². The van der Waals surface area contributed by atoms with Gasteiger partial charge in [-0.25, -0.2) is 8.78 Å². The van der Waals surface area contributed by atoms with Gasteiger partial charge >= 0.3 is 5.97 Å². The first-order chi connectivity index (χ1) is 10.9. The molecule has 0 radical (unpaired) electrons. The van der Waals surface area contributed by atoms with Crippen molar-refractivity contribution < 1.29 is 18.3 Å².